The lowest BCUT2D eigenvalue weighted by Crippen LogP contribution is -1.85. The van der Waals surface area contributed by atoms with E-state index in [0.29, 0.717) is 11.4 Å². The molecule has 0 aliphatic heterocycles. The lowest BCUT2D eigenvalue weighted by atomic mass is 10.1. The van der Waals surface area contributed by atoms with Gasteiger partial charge in [-0.2, -0.15) is 0 Å². The molecule has 6 N–H and O–H groups in total. The lowest BCUT2D eigenvalue weighted by molar-refractivity contribution is 0.481. The summed E-state index contributed by atoms with van der Waals surface area (Å²) in [6.45, 7) is 0. The van der Waals surface area contributed by atoms with Gasteiger partial charge in [0.05, 0.1) is 0 Å². The molecule has 120 valence electrons. The zero-order chi connectivity index (χ0) is 17.1. The van der Waals surface area contributed by atoms with Crippen molar-refractivity contribution < 1.29 is 10.2 Å². The summed E-state index contributed by atoms with van der Waals surface area (Å²) < 4.78 is 0. The number of nitrogens with two attached hydrogens (primary N) is 2. The van der Waals surface area contributed by atoms with Crippen LogP contribution in [0.3, 0.4) is 0 Å². The van der Waals surface area contributed by atoms with Gasteiger partial charge in [-0.25, -0.2) is 0 Å². The van der Waals surface area contributed by atoms with Gasteiger partial charge in [0.25, 0.3) is 0 Å². The Kier molecular flexibility index (Phi) is 4.12. The van der Waals surface area contributed by atoms with Crippen molar-refractivity contribution in [1.29, 1.82) is 0 Å². The first-order chi connectivity index (χ1) is 11.6. The summed E-state index contributed by atoms with van der Waals surface area (Å²) in [5.74, 6) is 0.555. The fraction of sp³-hybridized carbons (Fsp3) is 0. The lowest BCUT2D eigenvalue weighted by Gasteiger charge is -2.02. The Morgan fingerprint density at radius 3 is 1.12 bits per heavy atom. The van der Waals surface area contributed by atoms with Crippen LogP contribution in [0.1, 0.15) is 0 Å². The summed E-state index contributed by atoms with van der Waals surface area (Å²) in [6.07, 6.45) is 0. The number of benzene rings is 4. The third-order valence-electron chi connectivity index (χ3n) is 3.87. The number of hydrogen-bond donors (Lipinski definition) is 4. The van der Waals surface area contributed by atoms with Gasteiger partial charge in [-0.3, -0.25) is 0 Å². The van der Waals surface area contributed by atoms with Crippen LogP contribution in [-0.2, 0) is 0 Å². The van der Waals surface area contributed by atoms with Gasteiger partial charge < -0.3 is 21.7 Å². The van der Waals surface area contributed by atoms with Gasteiger partial charge in [-0.1, -0.05) is 48.5 Å². The van der Waals surface area contributed by atoms with E-state index in [1.54, 1.807) is 24.3 Å². The molecule has 0 aliphatic rings. The van der Waals surface area contributed by atoms with E-state index in [2.05, 4.69) is 0 Å². The van der Waals surface area contributed by atoms with Crippen molar-refractivity contribution in [2.75, 3.05) is 11.5 Å². The van der Waals surface area contributed by atoms with Crippen molar-refractivity contribution >= 4 is 32.9 Å². The average molecular weight is 318 g/mol. The molecule has 24 heavy (non-hydrogen) atoms. The van der Waals surface area contributed by atoms with E-state index in [9.17, 15) is 10.2 Å². The standard InChI is InChI=1S/2C10H9NO/c2*11-9-5-6-10(12)8-4-2-1-3-7(8)9/h2*1-6,12H,11H2. The van der Waals surface area contributed by atoms with Crippen molar-refractivity contribution in [3.63, 3.8) is 0 Å². The molecule has 0 unspecified atom stereocenters. The number of anilines is 2. The van der Waals surface area contributed by atoms with Gasteiger partial charge in [-0.05, 0) is 24.3 Å². The number of rotatable bonds is 0. The normalized spacial score (nSPS) is 10.3. The molecular weight excluding hydrogens is 300 g/mol. The van der Waals surface area contributed by atoms with Gasteiger partial charge >= 0.3 is 0 Å². The van der Waals surface area contributed by atoms with Crippen molar-refractivity contribution in [3.8, 4) is 11.5 Å². The molecule has 0 fully saturated rings. The Morgan fingerprint density at radius 2 is 0.792 bits per heavy atom. The Hall–Kier alpha value is -3.40. The quantitative estimate of drug-likeness (QED) is 0.288. The highest BCUT2D eigenvalue weighted by atomic mass is 16.3. The Labute approximate surface area is 139 Å². The zero-order valence-electron chi connectivity index (χ0n) is 13.0. The highest BCUT2D eigenvalue weighted by molar-refractivity contribution is 5.97. The van der Waals surface area contributed by atoms with Crippen LogP contribution in [0.4, 0.5) is 11.4 Å². The van der Waals surface area contributed by atoms with Crippen LogP contribution in [0.5, 0.6) is 11.5 Å². The first-order valence-corrected chi connectivity index (χ1v) is 7.50. The van der Waals surface area contributed by atoms with Crippen LogP contribution >= 0.6 is 0 Å². The molecule has 4 aromatic carbocycles. The summed E-state index contributed by atoms with van der Waals surface area (Å²) in [6, 6.07) is 21.7. The van der Waals surface area contributed by atoms with Gasteiger partial charge in [-0.15, -0.1) is 0 Å². The number of nitrogen functional groups attached to an aromatic ring is 2. The third kappa shape index (κ3) is 2.90. The average Bonchev–Trinajstić information content (AvgIpc) is 2.63. The van der Waals surface area contributed by atoms with Gasteiger partial charge in [0.1, 0.15) is 11.5 Å². The second kappa shape index (κ2) is 6.38. The molecule has 0 saturated heterocycles. The third-order valence-corrected chi connectivity index (χ3v) is 3.87. The summed E-state index contributed by atoms with van der Waals surface area (Å²) in [7, 11) is 0. The largest absolute Gasteiger partial charge is 0.507 e. The van der Waals surface area contributed by atoms with Crippen LogP contribution in [0.2, 0.25) is 0 Å². The number of fused-ring (bicyclic) bond motifs is 2. The predicted molar refractivity (Wildman–Crippen MR) is 100 cm³/mol. The first kappa shape index (κ1) is 15.5. The summed E-state index contributed by atoms with van der Waals surface area (Å²) in [5, 5.41) is 22.3. The number of hydrogen-bond acceptors (Lipinski definition) is 4. The molecule has 0 aliphatic carbocycles. The van der Waals surface area contributed by atoms with Crippen molar-refractivity contribution in [2.24, 2.45) is 0 Å². The van der Waals surface area contributed by atoms with E-state index >= 15 is 0 Å². The molecule has 0 heterocycles. The number of aromatic hydroxyl groups is 2. The van der Waals surface area contributed by atoms with Crippen LogP contribution in [0.15, 0.2) is 72.8 Å². The molecule has 0 bridgehead atoms. The molecule has 4 heteroatoms. The van der Waals surface area contributed by atoms with E-state index in [1.165, 1.54) is 0 Å². The Morgan fingerprint density at radius 1 is 0.458 bits per heavy atom. The van der Waals surface area contributed by atoms with Crippen molar-refractivity contribution in [2.45, 2.75) is 0 Å². The van der Waals surface area contributed by atoms with E-state index in [1.807, 2.05) is 48.5 Å². The minimum absolute atomic E-state index is 0.278. The molecule has 0 radical (unpaired) electrons. The Balaban J connectivity index is 0.000000141. The maximum absolute atomic E-state index is 9.44. The number of phenolic OH excluding ortho intramolecular Hbond substituents is 2. The fourth-order valence-corrected chi connectivity index (χ4v) is 2.61. The van der Waals surface area contributed by atoms with Gasteiger partial charge in [0.2, 0.25) is 0 Å². The van der Waals surface area contributed by atoms with Crippen molar-refractivity contribution in [3.05, 3.63) is 72.8 Å². The smallest absolute Gasteiger partial charge is 0.123 e. The SMILES string of the molecule is Nc1ccc(O)c2ccccc12.Nc1ccc(O)c2ccccc12. The summed E-state index contributed by atoms with van der Waals surface area (Å²) >= 11 is 0. The molecular formula is C20H18N2O2. The molecule has 0 saturated carbocycles. The van der Waals surface area contributed by atoms with Crippen LogP contribution in [0, 0.1) is 0 Å². The monoisotopic (exact) mass is 318 g/mol. The summed E-state index contributed by atoms with van der Waals surface area (Å²) in [4.78, 5) is 0. The summed E-state index contributed by atoms with van der Waals surface area (Å²) in [5.41, 5.74) is 12.8. The van der Waals surface area contributed by atoms with Crippen molar-refractivity contribution in [1.82, 2.24) is 0 Å². The Bertz CT molecular complexity index is 848. The van der Waals surface area contributed by atoms with E-state index in [0.717, 1.165) is 21.5 Å². The number of phenols is 2. The minimum Gasteiger partial charge on any atom is -0.507 e. The van der Waals surface area contributed by atoms with Crippen LogP contribution in [0.25, 0.3) is 21.5 Å². The van der Waals surface area contributed by atoms with E-state index in [-0.39, 0.29) is 11.5 Å². The van der Waals surface area contributed by atoms with E-state index in [4.69, 9.17) is 11.5 Å². The topological polar surface area (TPSA) is 92.5 Å². The molecule has 4 aromatic rings. The maximum Gasteiger partial charge on any atom is 0.123 e. The van der Waals surface area contributed by atoms with E-state index < -0.39 is 0 Å². The van der Waals surface area contributed by atoms with Crippen LogP contribution in [-0.4, -0.2) is 10.2 Å². The minimum atomic E-state index is 0.278. The second-order valence-corrected chi connectivity index (χ2v) is 5.44. The van der Waals surface area contributed by atoms with Crippen LogP contribution < -0.4 is 11.5 Å². The second-order valence-electron chi connectivity index (χ2n) is 5.44. The van der Waals surface area contributed by atoms with Gasteiger partial charge in [0, 0.05) is 32.9 Å². The predicted octanol–water partition coefficient (Wildman–Crippen LogP) is 4.26. The molecule has 0 aromatic heterocycles. The molecule has 0 amide bonds. The zero-order valence-corrected chi connectivity index (χ0v) is 13.0. The first-order valence-electron chi connectivity index (χ1n) is 7.50. The molecule has 0 atom stereocenters. The highest BCUT2D eigenvalue weighted by Gasteiger charge is 2.01. The molecule has 4 nitrogen and oxygen atoms in total. The fourth-order valence-electron chi connectivity index (χ4n) is 2.61. The van der Waals surface area contributed by atoms with Gasteiger partial charge in [0.15, 0.2) is 0 Å². The highest BCUT2D eigenvalue weighted by Crippen LogP contribution is 2.29. The molecule has 4 rings (SSSR count). The molecule has 0 spiro atoms. The maximum atomic E-state index is 9.44.